The first kappa shape index (κ1) is 19.7. The van der Waals surface area contributed by atoms with Gasteiger partial charge in [-0.25, -0.2) is 9.59 Å². The van der Waals surface area contributed by atoms with Crippen molar-refractivity contribution in [3.8, 4) is 5.75 Å². The van der Waals surface area contributed by atoms with E-state index in [1.54, 1.807) is 30.3 Å². The van der Waals surface area contributed by atoms with Gasteiger partial charge in [0.05, 0.1) is 17.7 Å². The molecule has 0 N–H and O–H groups in total. The maximum Gasteiger partial charge on any atom is 0.344 e. The highest BCUT2D eigenvalue weighted by Gasteiger charge is 2.19. The molecule has 0 bridgehead atoms. The lowest BCUT2D eigenvalue weighted by Crippen LogP contribution is -2.16. The number of esters is 2. The third-order valence-electron chi connectivity index (χ3n) is 4.29. The van der Waals surface area contributed by atoms with Crippen LogP contribution in [0.25, 0.3) is 0 Å². The lowest BCUT2D eigenvalue weighted by molar-refractivity contribution is 0.0489. The first-order chi connectivity index (χ1) is 12.5. The summed E-state index contributed by atoms with van der Waals surface area (Å²) in [6.07, 6.45) is 4.10. The molecule has 0 atom stereocenters. The van der Waals surface area contributed by atoms with Crippen LogP contribution in [0.5, 0.6) is 5.75 Å². The molecule has 0 radical (unpaired) electrons. The molecular formula is C22H26O4. The van der Waals surface area contributed by atoms with Gasteiger partial charge in [-0.1, -0.05) is 44.4 Å². The Morgan fingerprint density at radius 2 is 1.54 bits per heavy atom. The van der Waals surface area contributed by atoms with E-state index in [1.165, 1.54) is 0 Å². The Kier molecular flexibility index (Phi) is 7.39. The molecule has 2 aromatic carbocycles. The highest BCUT2D eigenvalue weighted by Crippen LogP contribution is 2.19. The Morgan fingerprint density at radius 3 is 2.19 bits per heavy atom. The lowest BCUT2D eigenvalue weighted by Gasteiger charge is -2.10. The molecule has 0 aliphatic rings. The first-order valence-electron chi connectivity index (χ1n) is 9.08. The molecular weight excluding hydrogens is 328 g/mol. The van der Waals surface area contributed by atoms with Gasteiger partial charge in [-0.2, -0.15) is 0 Å². The third-order valence-corrected chi connectivity index (χ3v) is 4.29. The second kappa shape index (κ2) is 9.76. The van der Waals surface area contributed by atoms with Crippen molar-refractivity contribution in [1.82, 2.24) is 0 Å². The van der Waals surface area contributed by atoms with Crippen LogP contribution in [0.3, 0.4) is 0 Å². The van der Waals surface area contributed by atoms with Crippen LogP contribution in [0.4, 0.5) is 0 Å². The average molecular weight is 354 g/mol. The number of rotatable bonds is 8. The molecule has 0 aromatic heterocycles. The van der Waals surface area contributed by atoms with Crippen molar-refractivity contribution in [3.63, 3.8) is 0 Å². The summed E-state index contributed by atoms with van der Waals surface area (Å²) in [6.45, 7) is 6.44. The van der Waals surface area contributed by atoms with Crippen molar-refractivity contribution in [1.29, 1.82) is 0 Å². The standard InChI is InChI=1S/C22H26O4/c1-4-5-6-9-14-25-21(23)19-10-7-8-11-20(19)22(24)26-18-13-12-16(2)17(3)15-18/h7-8,10-13,15H,4-6,9,14H2,1-3H3. The van der Waals surface area contributed by atoms with Crippen molar-refractivity contribution in [3.05, 3.63) is 64.7 Å². The Labute approximate surface area is 155 Å². The number of carbonyl (C=O) groups is 2. The summed E-state index contributed by atoms with van der Waals surface area (Å²) >= 11 is 0. The predicted octanol–water partition coefficient (Wildman–Crippen LogP) is 5.26. The van der Waals surface area contributed by atoms with Crippen LogP contribution < -0.4 is 4.74 Å². The van der Waals surface area contributed by atoms with Gasteiger partial charge in [0.2, 0.25) is 0 Å². The van der Waals surface area contributed by atoms with Crippen LogP contribution in [0, 0.1) is 13.8 Å². The molecule has 2 aromatic rings. The monoisotopic (exact) mass is 354 g/mol. The quantitative estimate of drug-likeness (QED) is 0.369. The fourth-order valence-electron chi connectivity index (χ4n) is 2.55. The van der Waals surface area contributed by atoms with E-state index >= 15 is 0 Å². The molecule has 138 valence electrons. The molecule has 0 unspecified atom stereocenters. The first-order valence-corrected chi connectivity index (χ1v) is 9.08. The van der Waals surface area contributed by atoms with E-state index < -0.39 is 11.9 Å². The summed E-state index contributed by atoms with van der Waals surface area (Å²) in [4.78, 5) is 24.8. The minimum atomic E-state index is -0.563. The summed E-state index contributed by atoms with van der Waals surface area (Å²) in [5.74, 6) is -0.596. The Balaban J connectivity index is 2.05. The van der Waals surface area contributed by atoms with Crippen molar-refractivity contribution in [2.45, 2.75) is 46.5 Å². The lowest BCUT2D eigenvalue weighted by atomic mass is 10.1. The van der Waals surface area contributed by atoms with Gasteiger partial charge in [0.15, 0.2) is 0 Å². The molecule has 0 spiro atoms. The van der Waals surface area contributed by atoms with E-state index in [0.717, 1.165) is 36.8 Å². The summed E-state index contributed by atoms with van der Waals surface area (Å²) in [6, 6.07) is 12.0. The molecule has 0 saturated carbocycles. The zero-order chi connectivity index (χ0) is 18.9. The van der Waals surface area contributed by atoms with Crippen LogP contribution in [-0.2, 0) is 4.74 Å². The van der Waals surface area contributed by atoms with E-state index in [1.807, 2.05) is 26.0 Å². The molecule has 0 amide bonds. The molecule has 0 aliphatic heterocycles. The van der Waals surface area contributed by atoms with Gasteiger partial charge in [0, 0.05) is 0 Å². The van der Waals surface area contributed by atoms with Crippen LogP contribution >= 0.6 is 0 Å². The molecule has 0 saturated heterocycles. The van der Waals surface area contributed by atoms with Crippen molar-refractivity contribution in [2.24, 2.45) is 0 Å². The van der Waals surface area contributed by atoms with Crippen LogP contribution in [0.15, 0.2) is 42.5 Å². The second-order valence-corrected chi connectivity index (χ2v) is 6.38. The van der Waals surface area contributed by atoms with E-state index in [4.69, 9.17) is 9.47 Å². The maximum atomic E-state index is 12.5. The average Bonchev–Trinajstić information content (AvgIpc) is 2.64. The number of hydrogen-bond donors (Lipinski definition) is 0. The maximum absolute atomic E-state index is 12.5. The van der Waals surface area contributed by atoms with Gasteiger partial charge in [-0.05, 0) is 55.7 Å². The summed E-state index contributed by atoms with van der Waals surface area (Å²) in [5, 5.41) is 0. The van der Waals surface area contributed by atoms with Crippen LogP contribution in [0.1, 0.15) is 64.4 Å². The molecule has 4 heteroatoms. The summed E-state index contributed by atoms with van der Waals surface area (Å²) in [5.41, 5.74) is 2.60. The minimum Gasteiger partial charge on any atom is -0.462 e. The van der Waals surface area contributed by atoms with E-state index in [-0.39, 0.29) is 11.1 Å². The number of ether oxygens (including phenoxy) is 2. The van der Waals surface area contributed by atoms with Crippen molar-refractivity contribution >= 4 is 11.9 Å². The molecule has 0 fully saturated rings. The Bertz CT molecular complexity index is 764. The smallest absolute Gasteiger partial charge is 0.344 e. The van der Waals surface area contributed by atoms with Gasteiger partial charge in [0.25, 0.3) is 0 Å². The molecule has 0 aliphatic carbocycles. The van der Waals surface area contributed by atoms with Gasteiger partial charge in [-0.15, -0.1) is 0 Å². The fourth-order valence-corrected chi connectivity index (χ4v) is 2.55. The van der Waals surface area contributed by atoms with Gasteiger partial charge < -0.3 is 9.47 Å². The molecule has 26 heavy (non-hydrogen) atoms. The topological polar surface area (TPSA) is 52.6 Å². The number of benzene rings is 2. The zero-order valence-electron chi connectivity index (χ0n) is 15.7. The number of hydrogen-bond acceptors (Lipinski definition) is 4. The van der Waals surface area contributed by atoms with Gasteiger partial charge >= 0.3 is 11.9 Å². The SMILES string of the molecule is CCCCCCOC(=O)c1ccccc1C(=O)Oc1ccc(C)c(C)c1. The molecule has 0 heterocycles. The molecule has 4 nitrogen and oxygen atoms in total. The largest absolute Gasteiger partial charge is 0.462 e. The van der Waals surface area contributed by atoms with E-state index in [0.29, 0.717) is 12.4 Å². The Morgan fingerprint density at radius 1 is 0.846 bits per heavy atom. The molecule has 2 rings (SSSR count). The van der Waals surface area contributed by atoms with Crippen molar-refractivity contribution < 1.29 is 19.1 Å². The van der Waals surface area contributed by atoms with Crippen LogP contribution in [-0.4, -0.2) is 18.5 Å². The minimum absolute atomic E-state index is 0.212. The van der Waals surface area contributed by atoms with Crippen molar-refractivity contribution in [2.75, 3.05) is 6.61 Å². The number of aryl methyl sites for hydroxylation is 2. The number of carbonyl (C=O) groups excluding carboxylic acids is 2. The second-order valence-electron chi connectivity index (χ2n) is 6.38. The normalized spacial score (nSPS) is 10.4. The van der Waals surface area contributed by atoms with Crippen LogP contribution in [0.2, 0.25) is 0 Å². The van der Waals surface area contributed by atoms with Gasteiger partial charge in [0.1, 0.15) is 5.75 Å². The Hall–Kier alpha value is -2.62. The van der Waals surface area contributed by atoms with Gasteiger partial charge in [-0.3, -0.25) is 0 Å². The number of unbranched alkanes of at least 4 members (excludes halogenated alkanes) is 3. The summed E-state index contributed by atoms with van der Waals surface area (Å²) < 4.78 is 10.7. The highest BCUT2D eigenvalue weighted by atomic mass is 16.5. The zero-order valence-corrected chi connectivity index (χ0v) is 15.7. The fraction of sp³-hybridized carbons (Fsp3) is 0.364. The van der Waals surface area contributed by atoms with E-state index in [2.05, 4.69) is 6.92 Å². The highest BCUT2D eigenvalue weighted by molar-refractivity contribution is 6.03. The third kappa shape index (κ3) is 5.45. The summed E-state index contributed by atoms with van der Waals surface area (Å²) in [7, 11) is 0. The van der Waals surface area contributed by atoms with E-state index in [9.17, 15) is 9.59 Å². The predicted molar refractivity (Wildman–Crippen MR) is 102 cm³/mol.